The van der Waals surface area contributed by atoms with E-state index in [-0.39, 0.29) is 23.4 Å². The summed E-state index contributed by atoms with van der Waals surface area (Å²) in [4.78, 5) is 31.2. The standard InChI is InChI=1S/C28H23ClN2O5/c1-36-23-10-9-18(29)14-21(23)26(33)24-25(16-5-4-6-19(32)13-16)31(28(35)27(24)34)12-11-17-15-30-22-8-3-2-7-20(17)22/h2-10,13-15,25,30,32-33H,11-12H2,1H3/b26-24+. The Morgan fingerprint density at radius 2 is 1.89 bits per heavy atom. The van der Waals surface area contributed by atoms with E-state index in [1.54, 1.807) is 24.3 Å². The number of amides is 1. The van der Waals surface area contributed by atoms with Crippen molar-refractivity contribution in [1.82, 2.24) is 9.88 Å². The van der Waals surface area contributed by atoms with E-state index in [2.05, 4.69) is 4.98 Å². The molecule has 4 aromatic rings. The fourth-order valence-electron chi connectivity index (χ4n) is 4.74. The Kier molecular flexibility index (Phi) is 6.16. The summed E-state index contributed by atoms with van der Waals surface area (Å²) in [5, 5.41) is 22.8. The molecule has 0 radical (unpaired) electrons. The zero-order valence-electron chi connectivity index (χ0n) is 19.4. The number of methoxy groups -OCH3 is 1. The molecular weight excluding hydrogens is 480 g/mol. The van der Waals surface area contributed by atoms with Crippen LogP contribution in [0.5, 0.6) is 11.5 Å². The fraction of sp³-hybridized carbons (Fsp3) is 0.143. The maximum absolute atomic E-state index is 13.3. The van der Waals surface area contributed by atoms with Gasteiger partial charge >= 0.3 is 0 Å². The number of carbonyl (C=O) groups is 2. The molecular formula is C28H23ClN2O5. The number of aromatic hydroxyl groups is 1. The summed E-state index contributed by atoms with van der Waals surface area (Å²) in [6, 6.07) is 17.9. The minimum atomic E-state index is -0.911. The first-order chi connectivity index (χ1) is 17.4. The second-order valence-corrected chi connectivity index (χ2v) is 8.98. The second kappa shape index (κ2) is 9.43. The van der Waals surface area contributed by atoms with Gasteiger partial charge in [0, 0.05) is 28.7 Å². The number of Topliss-reactive ketones (excluding diaryl/α,β-unsaturated/α-hetero) is 1. The predicted molar refractivity (Wildman–Crippen MR) is 137 cm³/mol. The van der Waals surface area contributed by atoms with Crippen molar-refractivity contribution < 1.29 is 24.5 Å². The molecule has 1 unspecified atom stereocenters. The second-order valence-electron chi connectivity index (χ2n) is 8.54. The summed E-state index contributed by atoms with van der Waals surface area (Å²) in [6.07, 6.45) is 2.37. The lowest BCUT2D eigenvalue weighted by atomic mass is 9.94. The van der Waals surface area contributed by atoms with Gasteiger partial charge in [0.05, 0.1) is 24.3 Å². The minimum Gasteiger partial charge on any atom is -0.508 e. The third kappa shape index (κ3) is 4.07. The van der Waals surface area contributed by atoms with Crippen molar-refractivity contribution in [2.24, 2.45) is 0 Å². The molecule has 3 aromatic carbocycles. The number of hydrogen-bond donors (Lipinski definition) is 3. The first kappa shape index (κ1) is 23.5. The molecule has 1 atom stereocenters. The number of ether oxygens (including phenoxy) is 1. The molecule has 0 spiro atoms. The molecule has 0 saturated carbocycles. The number of halogens is 1. The summed E-state index contributed by atoms with van der Waals surface area (Å²) >= 11 is 6.16. The van der Waals surface area contributed by atoms with Gasteiger partial charge in [-0.05, 0) is 53.9 Å². The Balaban J connectivity index is 1.61. The summed E-state index contributed by atoms with van der Waals surface area (Å²) in [5.41, 5.74) is 2.58. The van der Waals surface area contributed by atoms with Crippen molar-refractivity contribution in [1.29, 1.82) is 0 Å². The van der Waals surface area contributed by atoms with Gasteiger partial charge in [0.25, 0.3) is 11.7 Å². The van der Waals surface area contributed by atoms with E-state index in [4.69, 9.17) is 16.3 Å². The lowest BCUT2D eigenvalue weighted by Gasteiger charge is -2.25. The largest absolute Gasteiger partial charge is 0.508 e. The van der Waals surface area contributed by atoms with Crippen LogP contribution < -0.4 is 4.74 Å². The van der Waals surface area contributed by atoms with Crippen LogP contribution in [0.3, 0.4) is 0 Å². The molecule has 1 fully saturated rings. The van der Waals surface area contributed by atoms with Crippen molar-refractivity contribution >= 4 is 40.0 Å². The molecule has 5 rings (SSSR count). The van der Waals surface area contributed by atoms with Crippen LogP contribution in [0.4, 0.5) is 0 Å². The van der Waals surface area contributed by atoms with E-state index in [9.17, 15) is 19.8 Å². The Bertz CT molecular complexity index is 1520. The number of aliphatic hydroxyl groups is 1. The van der Waals surface area contributed by atoms with Crippen LogP contribution >= 0.6 is 11.6 Å². The van der Waals surface area contributed by atoms with Gasteiger partial charge in [-0.1, -0.05) is 41.9 Å². The lowest BCUT2D eigenvalue weighted by molar-refractivity contribution is -0.139. The van der Waals surface area contributed by atoms with Gasteiger partial charge in [-0.25, -0.2) is 0 Å². The van der Waals surface area contributed by atoms with Crippen LogP contribution in [0.25, 0.3) is 16.7 Å². The summed E-state index contributed by atoms with van der Waals surface area (Å²) < 4.78 is 5.36. The topological polar surface area (TPSA) is 103 Å². The number of nitrogens with one attached hydrogen (secondary N) is 1. The number of aliphatic hydroxyl groups excluding tert-OH is 1. The first-order valence-corrected chi connectivity index (χ1v) is 11.7. The molecule has 8 heteroatoms. The van der Waals surface area contributed by atoms with Gasteiger partial charge in [-0.2, -0.15) is 0 Å². The number of fused-ring (bicyclic) bond motifs is 1. The molecule has 182 valence electrons. The molecule has 1 saturated heterocycles. The number of likely N-dealkylation sites (tertiary alicyclic amines) is 1. The Labute approximate surface area is 212 Å². The van der Waals surface area contributed by atoms with Crippen molar-refractivity contribution in [3.63, 3.8) is 0 Å². The molecule has 36 heavy (non-hydrogen) atoms. The maximum Gasteiger partial charge on any atom is 0.295 e. The average molecular weight is 503 g/mol. The normalized spacial score (nSPS) is 17.2. The number of hydrogen-bond acceptors (Lipinski definition) is 5. The third-order valence-corrected chi connectivity index (χ3v) is 6.67. The number of carbonyl (C=O) groups excluding carboxylic acids is 2. The van der Waals surface area contributed by atoms with E-state index in [1.165, 1.54) is 30.2 Å². The highest BCUT2D eigenvalue weighted by atomic mass is 35.5. The number of aromatic amines is 1. The summed E-state index contributed by atoms with van der Waals surface area (Å²) in [5.74, 6) is -1.66. The molecule has 1 aliphatic rings. The van der Waals surface area contributed by atoms with Gasteiger partial charge in [0.1, 0.15) is 17.3 Å². The van der Waals surface area contributed by atoms with E-state index >= 15 is 0 Å². The van der Waals surface area contributed by atoms with Crippen molar-refractivity contribution in [3.05, 3.63) is 100 Å². The number of para-hydroxylation sites is 1. The van der Waals surface area contributed by atoms with Gasteiger partial charge in [-0.3, -0.25) is 9.59 Å². The van der Waals surface area contributed by atoms with Crippen LogP contribution in [-0.2, 0) is 16.0 Å². The van der Waals surface area contributed by atoms with Crippen molar-refractivity contribution in [3.8, 4) is 11.5 Å². The van der Waals surface area contributed by atoms with Gasteiger partial charge in [0.15, 0.2) is 0 Å². The number of phenolic OH excluding ortho intramolecular Hbond substituents is 1. The van der Waals surface area contributed by atoms with Crippen LogP contribution in [-0.4, -0.2) is 45.4 Å². The van der Waals surface area contributed by atoms with E-state index in [0.29, 0.717) is 22.8 Å². The molecule has 1 aromatic heterocycles. The predicted octanol–water partition coefficient (Wildman–Crippen LogP) is 5.20. The van der Waals surface area contributed by atoms with Crippen LogP contribution in [0.2, 0.25) is 5.02 Å². The Morgan fingerprint density at radius 1 is 1.08 bits per heavy atom. The van der Waals surface area contributed by atoms with E-state index < -0.39 is 23.5 Å². The zero-order chi connectivity index (χ0) is 25.4. The number of rotatable bonds is 6. The van der Waals surface area contributed by atoms with Crippen molar-refractivity contribution in [2.45, 2.75) is 12.5 Å². The highest BCUT2D eigenvalue weighted by Gasteiger charge is 2.46. The first-order valence-electron chi connectivity index (χ1n) is 11.3. The number of phenols is 1. The monoisotopic (exact) mass is 502 g/mol. The highest BCUT2D eigenvalue weighted by Crippen LogP contribution is 2.42. The van der Waals surface area contributed by atoms with Gasteiger partial charge < -0.3 is 24.8 Å². The van der Waals surface area contributed by atoms with Crippen molar-refractivity contribution in [2.75, 3.05) is 13.7 Å². The third-order valence-electron chi connectivity index (χ3n) is 6.44. The average Bonchev–Trinajstić information content (AvgIpc) is 3.40. The number of aromatic nitrogens is 1. The number of benzene rings is 3. The SMILES string of the molecule is COc1ccc(Cl)cc1/C(O)=C1\C(=O)C(=O)N(CCc2c[nH]c3ccccc23)C1c1cccc(O)c1. The van der Waals surface area contributed by atoms with E-state index in [1.807, 2.05) is 30.5 Å². The van der Waals surface area contributed by atoms with Crippen LogP contribution in [0.1, 0.15) is 22.7 Å². The number of ketones is 1. The smallest absolute Gasteiger partial charge is 0.295 e. The quantitative estimate of drug-likeness (QED) is 0.191. The highest BCUT2D eigenvalue weighted by molar-refractivity contribution is 6.46. The zero-order valence-corrected chi connectivity index (χ0v) is 20.1. The molecule has 1 aliphatic heterocycles. The molecule has 3 N–H and O–H groups in total. The Morgan fingerprint density at radius 3 is 2.67 bits per heavy atom. The lowest BCUT2D eigenvalue weighted by Crippen LogP contribution is -2.31. The molecule has 7 nitrogen and oxygen atoms in total. The maximum atomic E-state index is 13.3. The number of nitrogens with zero attached hydrogens (tertiary/aromatic N) is 1. The van der Waals surface area contributed by atoms with E-state index in [0.717, 1.165) is 16.5 Å². The summed E-state index contributed by atoms with van der Waals surface area (Å²) in [6.45, 7) is 0.218. The van der Waals surface area contributed by atoms with Crippen LogP contribution in [0, 0.1) is 0 Å². The van der Waals surface area contributed by atoms with Crippen LogP contribution in [0.15, 0.2) is 78.5 Å². The Hall–Kier alpha value is -4.23. The molecule has 2 heterocycles. The fourth-order valence-corrected chi connectivity index (χ4v) is 4.91. The van der Waals surface area contributed by atoms with Gasteiger partial charge in [0.2, 0.25) is 0 Å². The molecule has 0 aliphatic carbocycles. The number of H-pyrrole nitrogens is 1. The molecule has 0 bridgehead atoms. The molecule has 1 amide bonds. The van der Waals surface area contributed by atoms with Gasteiger partial charge in [-0.15, -0.1) is 0 Å². The minimum absolute atomic E-state index is 0.0185. The summed E-state index contributed by atoms with van der Waals surface area (Å²) in [7, 11) is 1.44.